The molecule has 1 aromatic heterocycles. The van der Waals surface area contributed by atoms with Crippen LogP contribution in [0.3, 0.4) is 0 Å². The summed E-state index contributed by atoms with van der Waals surface area (Å²) in [6, 6.07) is 12.9. The Balaban J connectivity index is 2.34. The van der Waals surface area contributed by atoms with Gasteiger partial charge in [0.1, 0.15) is 0 Å². The molecule has 2 aromatic rings. The van der Waals surface area contributed by atoms with E-state index >= 15 is 0 Å². The van der Waals surface area contributed by atoms with Gasteiger partial charge in [-0.05, 0) is 17.7 Å². The van der Waals surface area contributed by atoms with Gasteiger partial charge in [0.2, 0.25) is 0 Å². The third-order valence-corrected chi connectivity index (χ3v) is 2.46. The Morgan fingerprint density at radius 3 is 2.92 bits per heavy atom. The number of aromatic nitrogens is 1. The van der Waals surface area contributed by atoms with Gasteiger partial charge in [0.05, 0.1) is 0 Å². The lowest BCUT2D eigenvalue weighted by Crippen LogP contribution is -1.88. The summed E-state index contributed by atoms with van der Waals surface area (Å²) < 4.78 is 2.28. The molecule has 0 radical (unpaired) electrons. The van der Waals surface area contributed by atoms with Gasteiger partial charge in [-0.1, -0.05) is 24.3 Å². The number of hydrogen-bond acceptors (Lipinski definition) is 0. The molecular weight excluding hydrogens is 146 g/mol. The van der Waals surface area contributed by atoms with Crippen LogP contribution < -0.4 is 0 Å². The lowest BCUT2D eigenvalue weighted by Gasteiger charge is -1.94. The average molecular weight is 155 g/mol. The van der Waals surface area contributed by atoms with Gasteiger partial charge in [0, 0.05) is 24.0 Å². The summed E-state index contributed by atoms with van der Waals surface area (Å²) in [5.41, 5.74) is 4.18. The van der Waals surface area contributed by atoms with E-state index in [0.717, 1.165) is 6.54 Å². The highest BCUT2D eigenvalue weighted by atomic mass is 15.0. The van der Waals surface area contributed by atoms with E-state index in [0.29, 0.717) is 0 Å². The van der Waals surface area contributed by atoms with Crippen LogP contribution in [0.2, 0.25) is 0 Å². The maximum atomic E-state index is 2.28. The first kappa shape index (κ1) is 6.06. The van der Waals surface area contributed by atoms with Crippen molar-refractivity contribution < 1.29 is 0 Å². The molecule has 3 rings (SSSR count). The van der Waals surface area contributed by atoms with Crippen LogP contribution in [0.15, 0.2) is 42.6 Å². The van der Waals surface area contributed by atoms with E-state index in [2.05, 4.69) is 47.2 Å². The van der Waals surface area contributed by atoms with Crippen LogP contribution in [-0.2, 0) is 6.54 Å². The molecule has 1 heteroatoms. The summed E-state index contributed by atoms with van der Waals surface area (Å²) in [5.74, 6) is 0. The lowest BCUT2D eigenvalue weighted by molar-refractivity contribution is 0.853. The van der Waals surface area contributed by atoms with E-state index < -0.39 is 0 Å². The van der Waals surface area contributed by atoms with Gasteiger partial charge in [-0.3, -0.25) is 0 Å². The minimum absolute atomic E-state index is 1.04. The van der Waals surface area contributed by atoms with Crippen molar-refractivity contribution in [3.63, 3.8) is 0 Å². The van der Waals surface area contributed by atoms with Crippen molar-refractivity contribution in [1.29, 1.82) is 0 Å². The summed E-state index contributed by atoms with van der Waals surface area (Å²) >= 11 is 0. The second-order valence-corrected chi connectivity index (χ2v) is 3.18. The first-order chi connectivity index (χ1) is 5.95. The fraction of sp³-hybridized carbons (Fsp3) is 0.0909. The average Bonchev–Trinajstić information content (AvgIpc) is 2.62. The van der Waals surface area contributed by atoms with Crippen molar-refractivity contribution in [3.05, 3.63) is 48.2 Å². The van der Waals surface area contributed by atoms with Crippen molar-refractivity contribution in [1.82, 2.24) is 4.57 Å². The Hall–Kier alpha value is -1.50. The van der Waals surface area contributed by atoms with E-state index in [4.69, 9.17) is 0 Å². The Morgan fingerprint density at radius 1 is 1.00 bits per heavy atom. The van der Waals surface area contributed by atoms with Gasteiger partial charge in [0.15, 0.2) is 0 Å². The zero-order valence-corrected chi connectivity index (χ0v) is 6.70. The highest BCUT2D eigenvalue weighted by Gasteiger charge is 2.15. The van der Waals surface area contributed by atoms with Crippen molar-refractivity contribution in [2.45, 2.75) is 6.54 Å². The summed E-state index contributed by atoms with van der Waals surface area (Å²) in [7, 11) is 0. The Bertz CT molecular complexity index is 426. The standard InChI is InChI=1S/C11H9N/c1-2-5-10-9(4-1)8-12-7-3-6-11(10)12/h1-7H,8H2. The fourth-order valence-electron chi connectivity index (χ4n) is 1.89. The van der Waals surface area contributed by atoms with Crippen LogP contribution in [0.25, 0.3) is 11.3 Å². The van der Waals surface area contributed by atoms with Crippen LogP contribution in [-0.4, -0.2) is 4.57 Å². The number of hydrogen-bond donors (Lipinski definition) is 0. The molecule has 0 spiro atoms. The maximum Gasteiger partial charge on any atom is 0.0486 e. The molecule has 2 heterocycles. The number of nitrogens with zero attached hydrogens (tertiary/aromatic N) is 1. The largest absolute Gasteiger partial charge is 0.343 e. The van der Waals surface area contributed by atoms with Crippen molar-refractivity contribution in [3.8, 4) is 11.3 Å². The van der Waals surface area contributed by atoms with Gasteiger partial charge >= 0.3 is 0 Å². The molecule has 58 valence electrons. The molecular formula is C11H9N. The van der Waals surface area contributed by atoms with Crippen molar-refractivity contribution in [2.24, 2.45) is 0 Å². The fourth-order valence-corrected chi connectivity index (χ4v) is 1.89. The SMILES string of the molecule is c1ccc2c(c1)Cn1cccc1-2. The van der Waals surface area contributed by atoms with E-state index in [9.17, 15) is 0 Å². The molecule has 0 saturated carbocycles. The van der Waals surface area contributed by atoms with Gasteiger partial charge in [0.25, 0.3) is 0 Å². The molecule has 1 aliphatic heterocycles. The molecule has 0 fully saturated rings. The van der Waals surface area contributed by atoms with Crippen molar-refractivity contribution >= 4 is 0 Å². The maximum absolute atomic E-state index is 2.28. The van der Waals surface area contributed by atoms with Crippen LogP contribution >= 0.6 is 0 Å². The molecule has 0 saturated heterocycles. The number of benzene rings is 1. The molecule has 1 nitrogen and oxygen atoms in total. The van der Waals surface area contributed by atoms with Gasteiger partial charge in [-0.2, -0.15) is 0 Å². The quantitative estimate of drug-likeness (QED) is 0.470. The highest BCUT2D eigenvalue weighted by molar-refractivity contribution is 5.68. The lowest BCUT2D eigenvalue weighted by atomic mass is 10.1. The molecule has 0 atom stereocenters. The predicted octanol–water partition coefficient (Wildman–Crippen LogP) is 2.52. The van der Waals surface area contributed by atoms with Crippen LogP contribution in [0, 0.1) is 0 Å². The molecule has 0 amide bonds. The van der Waals surface area contributed by atoms with E-state index in [1.807, 2.05) is 0 Å². The summed E-state index contributed by atoms with van der Waals surface area (Å²) in [4.78, 5) is 0. The summed E-state index contributed by atoms with van der Waals surface area (Å²) in [6.07, 6.45) is 2.13. The van der Waals surface area contributed by atoms with E-state index in [1.54, 1.807) is 0 Å². The van der Waals surface area contributed by atoms with Crippen molar-refractivity contribution in [2.75, 3.05) is 0 Å². The Kier molecular flexibility index (Phi) is 1.01. The second-order valence-electron chi connectivity index (χ2n) is 3.18. The Morgan fingerprint density at radius 2 is 1.92 bits per heavy atom. The summed E-state index contributed by atoms with van der Waals surface area (Å²) in [5, 5.41) is 0. The number of fused-ring (bicyclic) bond motifs is 3. The molecule has 1 aromatic carbocycles. The molecule has 0 bridgehead atoms. The van der Waals surface area contributed by atoms with Crippen LogP contribution in [0.4, 0.5) is 0 Å². The Labute approximate surface area is 71.3 Å². The molecule has 12 heavy (non-hydrogen) atoms. The van der Waals surface area contributed by atoms with Crippen LogP contribution in [0.1, 0.15) is 5.56 Å². The second kappa shape index (κ2) is 2.01. The minimum Gasteiger partial charge on any atom is -0.343 e. The normalized spacial score (nSPS) is 12.7. The van der Waals surface area contributed by atoms with Gasteiger partial charge in [-0.25, -0.2) is 0 Å². The van der Waals surface area contributed by atoms with E-state index in [-0.39, 0.29) is 0 Å². The first-order valence-corrected chi connectivity index (χ1v) is 4.18. The zero-order valence-electron chi connectivity index (χ0n) is 6.70. The smallest absolute Gasteiger partial charge is 0.0486 e. The molecule has 0 aliphatic carbocycles. The number of rotatable bonds is 0. The van der Waals surface area contributed by atoms with Gasteiger partial charge < -0.3 is 4.57 Å². The zero-order chi connectivity index (χ0) is 7.97. The first-order valence-electron chi connectivity index (χ1n) is 4.18. The monoisotopic (exact) mass is 155 g/mol. The molecule has 1 aliphatic rings. The third-order valence-electron chi connectivity index (χ3n) is 2.46. The molecule has 0 N–H and O–H groups in total. The molecule has 0 unspecified atom stereocenters. The van der Waals surface area contributed by atoms with Gasteiger partial charge in [-0.15, -0.1) is 0 Å². The predicted molar refractivity (Wildman–Crippen MR) is 49.0 cm³/mol. The van der Waals surface area contributed by atoms with E-state index in [1.165, 1.54) is 16.8 Å². The minimum atomic E-state index is 1.04. The van der Waals surface area contributed by atoms with Crippen LogP contribution in [0.5, 0.6) is 0 Å². The third kappa shape index (κ3) is 0.632. The summed E-state index contributed by atoms with van der Waals surface area (Å²) in [6.45, 7) is 1.04. The topological polar surface area (TPSA) is 4.93 Å². The highest BCUT2D eigenvalue weighted by Crippen LogP contribution is 2.31.